The molecule has 3 aromatic carbocycles. The van der Waals surface area contributed by atoms with Crippen LogP contribution in [-0.2, 0) is 9.59 Å². The lowest BCUT2D eigenvalue weighted by molar-refractivity contribution is -0.117. The molecule has 1 heterocycles. The first-order valence-corrected chi connectivity index (χ1v) is 11.3. The third-order valence-corrected chi connectivity index (χ3v) is 6.60. The molecule has 0 fully saturated rings. The van der Waals surface area contributed by atoms with E-state index in [0.29, 0.717) is 29.7 Å². The lowest BCUT2D eigenvalue weighted by atomic mass is 9.78. The summed E-state index contributed by atoms with van der Waals surface area (Å²) in [4.78, 5) is 28.3. The van der Waals surface area contributed by atoms with Gasteiger partial charge in [0.25, 0.3) is 0 Å². The van der Waals surface area contributed by atoms with Crippen LogP contribution < -0.4 is 15.0 Å². The molecule has 172 valence electrons. The van der Waals surface area contributed by atoms with Crippen molar-refractivity contribution in [3.8, 4) is 5.75 Å². The van der Waals surface area contributed by atoms with Gasteiger partial charge in [-0.05, 0) is 59.9 Å². The van der Waals surface area contributed by atoms with Gasteiger partial charge in [0.05, 0.1) is 24.5 Å². The van der Waals surface area contributed by atoms with Crippen molar-refractivity contribution in [1.82, 2.24) is 0 Å². The molecule has 0 spiro atoms. The first-order valence-electron chi connectivity index (χ1n) is 11.3. The minimum atomic E-state index is -0.645. The van der Waals surface area contributed by atoms with Gasteiger partial charge in [0.2, 0.25) is 5.91 Å². The van der Waals surface area contributed by atoms with Crippen LogP contribution in [0.3, 0.4) is 0 Å². The molecule has 2 unspecified atom stereocenters. The molecule has 0 saturated carbocycles. The lowest BCUT2D eigenvalue weighted by Crippen LogP contribution is -2.37. The predicted molar refractivity (Wildman–Crippen MR) is 129 cm³/mol. The molecule has 6 heteroatoms. The minimum Gasteiger partial charge on any atom is -0.497 e. The molecule has 1 aliphatic heterocycles. The summed E-state index contributed by atoms with van der Waals surface area (Å²) in [7, 11) is 1.62. The maximum atomic E-state index is 13.8. The second-order valence-electron chi connectivity index (χ2n) is 8.68. The van der Waals surface area contributed by atoms with Gasteiger partial charge in [0.15, 0.2) is 5.78 Å². The van der Waals surface area contributed by atoms with Crippen molar-refractivity contribution in [2.45, 2.75) is 31.7 Å². The van der Waals surface area contributed by atoms with E-state index in [1.807, 2.05) is 48.5 Å². The monoisotopic (exact) mass is 456 g/mol. The van der Waals surface area contributed by atoms with Crippen molar-refractivity contribution >= 4 is 23.1 Å². The van der Waals surface area contributed by atoms with E-state index in [1.54, 1.807) is 24.1 Å². The summed E-state index contributed by atoms with van der Waals surface area (Å²) in [6.07, 6.45) is 0.942. The van der Waals surface area contributed by atoms with Crippen molar-refractivity contribution in [2.24, 2.45) is 0 Å². The highest BCUT2D eigenvalue weighted by molar-refractivity contribution is 6.06. The number of Topliss-reactive ketones (excluding diaryl/α,β-unsaturated/α-hetero) is 1. The zero-order valence-electron chi connectivity index (χ0n) is 19.0. The number of carbonyl (C=O) groups is 2. The fourth-order valence-electron chi connectivity index (χ4n) is 5.01. The van der Waals surface area contributed by atoms with Crippen LogP contribution in [0.25, 0.3) is 0 Å². The molecule has 34 heavy (non-hydrogen) atoms. The van der Waals surface area contributed by atoms with E-state index < -0.39 is 6.04 Å². The Morgan fingerprint density at radius 3 is 2.32 bits per heavy atom. The summed E-state index contributed by atoms with van der Waals surface area (Å²) in [6, 6.07) is 20.7. The number of benzene rings is 3. The molecule has 0 bridgehead atoms. The van der Waals surface area contributed by atoms with Crippen LogP contribution in [0.4, 0.5) is 15.8 Å². The number of hydrogen-bond acceptors (Lipinski definition) is 4. The third kappa shape index (κ3) is 3.85. The quantitative estimate of drug-likeness (QED) is 0.545. The predicted octanol–water partition coefficient (Wildman–Crippen LogP) is 5.75. The Kier molecular flexibility index (Phi) is 5.65. The topological polar surface area (TPSA) is 58.6 Å². The van der Waals surface area contributed by atoms with Crippen LogP contribution >= 0.6 is 0 Å². The number of ether oxygens (including phenoxy) is 1. The standard InChI is InChI=1S/C28H25FN2O3/c1-17(32)31-25-6-4-3-5-23(25)30-24-15-20(18-9-13-22(34-2)14-10-18)16-26(33)27(24)28(31)19-7-11-21(29)12-8-19/h3-14,20,28,30H,15-16H2,1-2H3. The second-order valence-corrected chi connectivity index (χ2v) is 8.68. The van der Waals surface area contributed by atoms with Crippen LogP contribution in [0.15, 0.2) is 84.1 Å². The van der Waals surface area contributed by atoms with Gasteiger partial charge in [-0.3, -0.25) is 14.5 Å². The van der Waals surface area contributed by atoms with Crippen molar-refractivity contribution in [3.05, 3.63) is 101 Å². The SMILES string of the molecule is COc1ccc(C2CC(=O)C3=C(C2)Nc2ccccc2N(C(C)=O)C3c2ccc(F)cc2)cc1. The van der Waals surface area contributed by atoms with Crippen molar-refractivity contribution in [2.75, 3.05) is 17.3 Å². The molecular weight excluding hydrogens is 431 g/mol. The average molecular weight is 457 g/mol. The van der Waals surface area contributed by atoms with E-state index in [9.17, 15) is 14.0 Å². The molecule has 0 radical (unpaired) electrons. The smallest absolute Gasteiger partial charge is 0.224 e. The molecule has 5 nitrogen and oxygen atoms in total. The van der Waals surface area contributed by atoms with Gasteiger partial charge in [-0.15, -0.1) is 0 Å². The molecule has 5 rings (SSSR count). The van der Waals surface area contributed by atoms with Gasteiger partial charge >= 0.3 is 0 Å². The fraction of sp³-hybridized carbons (Fsp3) is 0.214. The Bertz CT molecular complexity index is 1280. The number of ketones is 1. The Morgan fingerprint density at radius 1 is 0.971 bits per heavy atom. The molecule has 0 aromatic heterocycles. The average Bonchev–Trinajstić information content (AvgIpc) is 2.99. The summed E-state index contributed by atoms with van der Waals surface area (Å²) in [5.41, 5.74) is 4.55. The number of para-hydroxylation sites is 2. The molecule has 3 aromatic rings. The molecular formula is C28H25FN2O3. The molecule has 1 amide bonds. The van der Waals surface area contributed by atoms with E-state index in [1.165, 1.54) is 19.1 Å². The normalized spacial score (nSPS) is 19.6. The Labute approximate surface area is 197 Å². The number of amides is 1. The van der Waals surface area contributed by atoms with E-state index in [4.69, 9.17) is 4.74 Å². The number of allylic oxidation sites excluding steroid dienone is 1. The van der Waals surface area contributed by atoms with Gasteiger partial charge in [-0.1, -0.05) is 36.4 Å². The first kappa shape index (κ1) is 21.9. The molecule has 1 aliphatic carbocycles. The Hall–Kier alpha value is -3.93. The molecule has 0 saturated heterocycles. The van der Waals surface area contributed by atoms with Crippen LogP contribution in [0.1, 0.15) is 42.9 Å². The summed E-state index contributed by atoms with van der Waals surface area (Å²) in [5, 5.41) is 3.48. The van der Waals surface area contributed by atoms with Crippen LogP contribution in [0.5, 0.6) is 5.75 Å². The highest BCUT2D eigenvalue weighted by atomic mass is 19.1. The van der Waals surface area contributed by atoms with Gasteiger partial charge < -0.3 is 10.1 Å². The number of nitrogens with zero attached hydrogens (tertiary/aromatic N) is 1. The number of nitrogens with one attached hydrogen (secondary N) is 1. The summed E-state index contributed by atoms with van der Waals surface area (Å²) in [5.74, 6) is 0.176. The Morgan fingerprint density at radius 2 is 1.65 bits per heavy atom. The van der Waals surface area contributed by atoms with Crippen molar-refractivity contribution in [3.63, 3.8) is 0 Å². The number of fused-ring (bicyclic) bond motifs is 1. The number of anilines is 2. The van der Waals surface area contributed by atoms with E-state index in [-0.39, 0.29) is 23.4 Å². The number of halogens is 1. The molecule has 2 atom stereocenters. The summed E-state index contributed by atoms with van der Waals surface area (Å²) < 4.78 is 19.0. The van der Waals surface area contributed by atoms with E-state index >= 15 is 0 Å². The highest BCUT2D eigenvalue weighted by Gasteiger charge is 2.40. The van der Waals surface area contributed by atoms with E-state index in [0.717, 1.165) is 22.7 Å². The van der Waals surface area contributed by atoms with Crippen LogP contribution in [0, 0.1) is 5.82 Å². The lowest BCUT2D eigenvalue weighted by Gasteiger charge is -2.34. The number of carbonyl (C=O) groups excluding carboxylic acids is 2. The van der Waals surface area contributed by atoms with Gasteiger partial charge in [-0.25, -0.2) is 4.39 Å². The maximum Gasteiger partial charge on any atom is 0.224 e. The van der Waals surface area contributed by atoms with Crippen LogP contribution in [-0.4, -0.2) is 18.8 Å². The number of methoxy groups -OCH3 is 1. The van der Waals surface area contributed by atoms with Crippen molar-refractivity contribution in [1.29, 1.82) is 0 Å². The maximum absolute atomic E-state index is 13.8. The van der Waals surface area contributed by atoms with Gasteiger partial charge in [0.1, 0.15) is 11.6 Å². The third-order valence-electron chi connectivity index (χ3n) is 6.60. The zero-order valence-corrected chi connectivity index (χ0v) is 19.0. The minimum absolute atomic E-state index is 0.00503. The largest absolute Gasteiger partial charge is 0.497 e. The summed E-state index contributed by atoms with van der Waals surface area (Å²) >= 11 is 0. The highest BCUT2D eigenvalue weighted by Crippen LogP contribution is 2.47. The molecule has 2 aliphatic rings. The Balaban J connectivity index is 1.66. The summed E-state index contributed by atoms with van der Waals surface area (Å²) in [6.45, 7) is 1.49. The second kappa shape index (κ2) is 8.78. The van der Waals surface area contributed by atoms with E-state index in [2.05, 4.69) is 5.32 Å². The number of hydrogen-bond donors (Lipinski definition) is 1. The van der Waals surface area contributed by atoms with Crippen LogP contribution in [0.2, 0.25) is 0 Å². The fourth-order valence-corrected chi connectivity index (χ4v) is 5.01. The van der Waals surface area contributed by atoms with Gasteiger partial charge in [0, 0.05) is 24.6 Å². The van der Waals surface area contributed by atoms with Crippen molar-refractivity contribution < 1.29 is 18.7 Å². The molecule has 1 N–H and O–H groups in total. The van der Waals surface area contributed by atoms with Gasteiger partial charge in [-0.2, -0.15) is 0 Å². The number of rotatable bonds is 3. The zero-order chi connectivity index (χ0) is 23.8. The first-order chi connectivity index (χ1) is 16.5.